The van der Waals surface area contributed by atoms with Crippen molar-refractivity contribution in [3.63, 3.8) is 0 Å². The minimum atomic E-state index is -2.59. The number of phenolic OH excluding ortho intramolecular Hbond substituents is 1. The van der Waals surface area contributed by atoms with Crippen molar-refractivity contribution in [2.45, 2.75) is 31.0 Å². The lowest BCUT2D eigenvalue weighted by atomic mass is 9.57. The van der Waals surface area contributed by atoms with Gasteiger partial charge in [-0.2, -0.15) is 0 Å². The Morgan fingerprint density at radius 2 is 1.90 bits per heavy atom. The van der Waals surface area contributed by atoms with E-state index in [0.29, 0.717) is 0 Å². The smallest absolute Gasteiger partial charge is 0.254 e. The molecule has 3 aliphatic rings. The van der Waals surface area contributed by atoms with E-state index in [0.717, 1.165) is 5.69 Å². The van der Waals surface area contributed by atoms with Crippen LogP contribution in [0.1, 0.15) is 23.1 Å². The molecule has 0 aliphatic heterocycles. The van der Waals surface area contributed by atoms with Crippen molar-refractivity contribution in [1.82, 2.24) is 4.90 Å². The van der Waals surface area contributed by atoms with Crippen molar-refractivity contribution in [3.8, 4) is 5.75 Å². The summed E-state index contributed by atoms with van der Waals surface area (Å²) < 4.78 is 15.8. The first kappa shape index (κ1) is 26.4. The van der Waals surface area contributed by atoms with Gasteiger partial charge in [-0.25, -0.2) is 4.39 Å². The summed E-state index contributed by atoms with van der Waals surface area (Å²) in [5.41, 5.74) is 1.68. The van der Waals surface area contributed by atoms with E-state index >= 15 is 4.39 Å². The maximum Gasteiger partial charge on any atom is 0.254 e. The van der Waals surface area contributed by atoms with Crippen molar-refractivity contribution < 1.29 is 34.4 Å². The van der Waals surface area contributed by atoms with Gasteiger partial charge in [-0.15, -0.1) is 0 Å². The number of hydrogen-bond acceptors (Lipinski definition) is 9. The first-order chi connectivity index (χ1) is 18.4. The number of carbonyl (C=O) groups excluding carboxylic acids is 2. The second-order valence-corrected chi connectivity index (χ2v) is 10.5. The molecule has 1 amide bonds. The van der Waals surface area contributed by atoms with Gasteiger partial charge in [0, 0.05) is 34.9 Å². The summed E-state index contributed by atoms with van der Waals surface area (Å²) >= 11 is 0. The number of ketones is 1. The van der Waals surface area contributed by atoms with Crippen LogP contribution in [0.25, 0.3) is 5.76 Å². The summed E-state index contributed by atoms with van der Waals surface area (Å²) in [6, 6.07) is 9.21. The predicted molar refractivity (Wildman–Crippen MR) is 141 cm³/mol. The molecule has 2 aromatic rings. The third-order valence-corrected chi connectivity index (χ3v) is 8.04. The van der Waals surface area contributed by atoms with Gasteiger partial charge < -0.3 is 36.9 Å². The van der Waals surface area contributed by atoms with Gasteiger partial charge in [0.15, 0.2) is 5.60 Å². The molecule has 1 fully saturated rings. The van der Waals surface area contributed by atoms with Crippen molar-refractivity contribution in [2.75, 3.05) is 19.4 Å². The van der Waals surface area contributed by atoms with Gasteiger partial charge in [0.25, 0.3) is 5.91 Å². The van der Waals surface area contributed by atoms with E-state index in [1.165, 1.54) is 11.0 Å². The van der Waals surface area contributed by atoms with Crippen LogP contribution in [0.15, 0.2) is 53.3 Å². The minimum Gasteiger partial charge on any atom is -0.510 e. The molecule has 3 aliphatic carbocycles. The van der Waals surface area contributed by atoms with Crippen molar-refractivity contribution in [2.24, 2.45) is 17.6 Å². The first-order valence-corrected chi connectivity index (χ1v) is 12.4. The SMILES string of the molecule is CN(C)[C@@H]1C(O)=C(C(N)=O)C(=N)[C@@]2(O)C(=O)C3=C(O)c4c(O)cc(CNc5ccccc5)c(F)c4C[C@H]3C[C@@H]12. The number of primary amides is 1. The summed E-state index contributed by atoms with van der Waals surface area (Å²) in [5.74, 6) is -6.44. The monoisotopic (exact) mass is 536 g/mol. The fourth-order valence-corrected chi connectivity index (χ4v) is 6.29. The standard InChI is InChI=1S/C28H29FN4O6/c1-33(2)22-16-9-12-8-15-19(17(34)10-13(21(15)29)11-32-14-6-4-3-5-7-14)23(35)18(12)26(37)28(16,39)25(30)20(24(22)36)27(31)38/h3-7,10,12,16,22,30,32,34-36,39H,8-9,11H2,1-2H3,(H2,31,38)/t12-,16-,22-,28+/m0/s1. The molecule has 0 heterocycles. The molecule has 11 heteroatoms. The maximum atomic E-state index is 15.8. The molecule has 0 aromatic heterocycles. The highest BCUT2D eigenvalue weighted by Gasteiger charge is 2.63. The molecule has 8 N–H and O–H groups in total. The van der Waals surface area contributed by atoms with Crippen LogP contribution in [0.5, 0.6) is 5.75 Å². The quantitative estimate of drug-likeness (QED) is 0.304. The summed E-state index contributed by atoms with van der Waals surface area (Å²) in [6.45, 7) is 0.0500. The number of fused-ring (bicyclic) bond motifs is 3. The van der Waals surface area contributed by atoms with Crippen LogP contribution in [0.2, 0.25) is 0 Å². The molecular formula is C28H29FN4O6. The van der Waals surface area contributed by atoms with Crippen molar-refractivity contribution in [1.29, 1.82) is 5.41 Å². The molecule has 10 nitrogen and oxygen atoms in total. The summed E-state index contributed by atoms with van der Waals surface area (Å²) in [4.78, 5) is 27.5. The largest absolute Gasteiger partial charge is 0.510 e. The normalized spacial score (nSPS) is 26.3. The number of anilines is 1. The second kappa shape index (κ2) is 9.21. The number of hydrogen-bond donors (Lipinski definition) is 7. The zero-order chi connectivity index (χ0) is 28.4. The van der Waals surface area contributed by atoms with Gasteiger partial charge in [0.2, 0.25) is 5.78 Å². The zero-order valence-electron chi connectivity index (χ0n) is 21.3. The Morgan fingerprint density at radius 1 is 1.23 bits per heavy atom. The number of nitrogens with one attached hydrogen (secondary N) is 2. The van der Waals surface area contributed by atoms with E-state index < -0.39 is 69.5 Å². The number of rotatable bonds is 5. The van der Waals surface area contributed by atoms with Gasteiger partial charge in [-0.3, -0.25) is 14.5 Å². The molecule has 0 bridgehead atoms. The summed E-state index contributed by atoms with van der Waals surface area (Å²) in [6.07, 6.45) is -0.110. The number of para-hydroxylation sites is 1. The van der Waals surface area contributed by atoms with E-state index in [2.05, 4.69) is 5.32 Å². The Kier molecular flexibility index (Phi) is 6.23. The average Bonchev–Trinajstić information content (AvgIpc) is 2.87. The van der Waals surface area contributed by atoms with E-state index in [4.69, 9.17) is 11.1 Å². The Bertz CT molecular complexity index is 1480. The first-order valence-electron chi connectivity index (χ1n) is 12.4. The van der Waals surface area contributed by atoms with Crippen LogP contribution in [0, 0.1) is 23.1 Å². The molecule has 4 atom stereocenters. The highest BCUT2D eigenvalue weighted by Crippen LogP contribution is 2.52. The van der Waals surface area contributed by atoms with E-state index in [1.807, 2.05) is 30.3 Å². The van der Waals surface area contributed by atoms with Crippen LogP contribution in [-0.2, 0) is 22.6 Å². The predicted octanol–water partition coefficient (Wildman–Crippen LogP) is 2.17. The van der Waals surface area contributed by atoms with Crippen LogP contribution < -0.4 is 11.1 Å². The molecule has 39 heavy (non-hydrogen) atoms. The number of aliphatic hydroxyl groups excluding tert-OH is 2. The molecule has 0 spiro atoms. The fraction of sp³-hybridized carbons (Fsp3) is 0.321. The lowest BCUT2D eigenvalue weighted by Crippen LogP contribution is -2.67. The maximum absolute atomic E-state index is 15.8. The molecule has 0 radical (unpaired) electrons. The highest BCUT2D eigenvalue weighted by atomic mass is 19.1. The molecule has 204 valence electrons. The van der Waals surface area contributed by atoms with Gasteiger partial charge >= 0.3 is 0 Å². The highest BCUT2D eigenvalue weighted by molar-refractivity contribution is 6.33. The number of halogens is 1. The number of amides is 1. The molecule has 0 unspecified atom stereocenters. The zero-order valence-corrected chi connectivity index (χ0v) is 21.3. The van der Waals surface area contributed by atoms with E-state index in [1.54, 1.807) is 14.1 Å². The number of Topliss-reactive ketones (excluding diaryl/α,β-unsaturated/α-hetero) is 1. The molecular weight excluding hydrogens is 507 g/mol. The Hall–Kier alpha value is -4.22. The molecule has 1 saturated carbocycles. The lowest BCUT2D eigenvalue weighted by molar-refractivity contribution is -0.138. The number of aromatic hydroxyl groups is 1. The van der Waals surface area contributed by atoms with E-state index in [-0.39, 0.29) is 41.6 Å². The third-order valence-electron chi connectivity index (χ3n) is 8.04. The number of phenols is 1. The Labute approximate surface area is 223 Å². The van der Waals surface area contributed by atoms with Gasteiger partial charge in [-0.1, -0.05) is 18.2 Å². The van der Waals surface area contributed by atoms with Crippen LogP contribution in [-0.4, -0.2) is 68.5 Å². The average molecular weight is 537 g/mol. The number of nitrogens with zero attached hydrogens (tertiary/aromatic N) is 1. The summed E-state index contributed by atoms with van der Waals surface area (Å²) in [5, 5.41) is 56.1. The fourth-order valence-electron chi connectivity index (χ4n) is 6.29. The number of aliphatic hydroxyl groups is 3. The van der Waals surface area contributed by atoms with Gasteiger partial charge in [0.1, 0.15) is 28.7 Å². The second-order valence-electron chi connectivity index (χ2n) is 10.5. The Morgan fingerprint density at radius 3 is 2.51 bits per heavy atom. The number of nitrogens with two attached hydrogens (primary N) is 1. The minimum absolute atomic E-state index is 0.0224. The summed E-state index contributed by atoms with van der Waals surface area (Å²) in [7, 11) is 3.14. The number of carbonyl (C=O) groups is 2. The molecule has 2 aromatic carbocycles. The number of likely N-dealkylation sites (N-methyl/N-ethyl adjacent to an activating group) is 1. The van der Waals surface area contributed by atoms with Crippen molar-refractivity contribution in [3.05, 3.63) is 75.8 Å². The third kappa shape index (κ3) is 3.80. The topological polar surface area (TPSA) is 180 Å². The van der Waals surface area contributed by atoms with Crippen LogP contribution >= 0.6 is 0 Å². The lowest BCUT2D eigenvalue weighted by Gasteiger charge is -2.51. The van der Waals surface area contributed by atoms with Crippen LogP contribution in [0.3, 0.4) is 0 Å². The van der Waals surface area contributed by atoms with Gasteiger partial charge in [0.05, 0.1) is 17.3 Å². The van der Waals surface area contributed by atoms with Crippen molar-refractivity contribution >= 4 is 28.8 Å². The van der Waals surface area contributed by atoms with Crippen LogP contribution in [0.4, 0.5) is 10.1 Å². The molecule has 0 saturated heterocycles. The Balaban J connectivity index is 1.60. The number of benzene rings is 2. The van der Waals surface area contributed by atoms with Gasteiger partial charge in [-0.05, 0) is 51.1 Å². The molecule has 5 rings (SSSR count). The van der Waals surface area contributed by atoms with E-state index in [9.17, 15) is 30.0 Å².